The van der Waals surface area contributed by atoms with E-state index in [4.69, 9.17) is 9.47 Å². The van der Waals surface area contributed by atoms with E-state index in [0.717, 1.165) is 37.3 Å². The van der Waals surface area contributed by atoms with Crippen LogP contribution < -0.4 is 14.2 Å². The lowest BCUT2D eigenvalue weighted by atomic mass is 10.1. The minimum Gasteiger partial charge on any atom is -0.490 e. The third kappa shape index (κ3) is 7.54. The van der Waals surface area contributed by atoms with Crippen molar-refractivity contribution in [3.63, 3.8) is 0 Å². The standard InChI is InChI=1S/C30H33F4N5O3/c1-6-13-39(15-18(2)30(4,33)34)19(3)21-9-7-20(8-10-21)16-41-27-23(40-5)14-35-26(38-27)24-25(22-11-12-22)36-17-37-28(24)42-29(31)32/h7-10,14-15,17,22,29H,3,6,11-13,16H2,1-2,4-5H3/b18-15+. The zero-order chi connectivity index (χ0) is 30.4. The number of aromatic nitrogens is 4. The second kappa shape index (κ2) is 13.2. The van der Waals surface area contributed by atoms with Crippen LogP contribution in [0.2, 0.25) is 0 Å². The van der Waals surface area contributed by atoms with Crippen LogP contribution in [-0.4, -0.2) is 51.0 Å². The lowest BCUT2D eigenvalue weighted by Gasteiger charge is -2.25. The molecule has 0 radical (unpaired) electrons. The predicted octanol–water partition coefficient (Wildman–Crippen LogP) is 7.24. The maximum atomic E-state index is 13.8. The summed E-state index contributed by atoms with van der Waals surface area (Å²) in [5.41, 5.74) is 2.81. The van der Waals surface area contributed by atoms with Crippen LogP contribution in [0, 0.1) is 0 Å². The molecule has 8 nitrogen and oxygen atoms in total. The van der Waals surface area contributed by atoms with Crippen LogP contribution >= 0.6 is 0 Å². The largest absolute Gasteiger partial charge is 0.490 e. The lowest BCUT2D eigenvalue weighted by molar-refractivity contribution is -0.0525. The van der Waals surface area contributed by atoms with Crippen molar-refractivity contribution in [2.24, 2.45) is 0 Å². The van der Waals surface area contributed by atoms with Crippen molar-refractivity contribution in [3.05, 3.63) is 72.0 Å². The third-order valence-corrected chi connectivity index (χ3v) is 6.69. The van der Waals surface area contributed by atoms with Crippen LogP contribution in [0.4, 0.5) is 17.6 Å². The van der Waals surface area contributed by atoms with Gasteiger partial charge in [-0.2, -0.15) is 13.8 Å². The molecule has 1 aliphatic rings. The maximum absolute atomic E-state index is 13.8. The summed E-state index contributed by atoms with van der Waals surface area (Å²) in [7, 11) is 1.44. The number of rotatable bonds is 14. The second-order valence-electron chi connectivity index (χ2n) is 9.99. The Bertz CT molecular complexity index is 1420. The van der Waals surface area contributed by atoms with E-state index in [1.54, 1.807) is 4.90 Å². The van der Waals surface area contributed by atoms with Gasteiger partial charge in [0.1, 0.15) is 18.5 Å². The zero-order valence-electron chi connectivity index (χ0n) is 23.9. The summed E-state index contributed by atoms with van der Waals surface area (Å²) >= 11 is 0. The van der Waals surface area contributed by atoms with Crippen molar-refractivity contribution in [2.75, 3.05) is 13.7 Å². The van der Waals surface area contributed by atoms with E-state index in [-0.39, 0.29) is 47.0 Å². The molecule has 0 spiro atoms. The monoisotopic (exact) mass is 587 g/mol. The quantitative estimate of drug-likeness (QED) is 0.183. The highest BCUT2D eigenvalue weighted by atomic mass is 19.3. The summed E-state index contributed by atoms with van der Waals surface area (Å²) in [6.45, 7) is 5.89. The van der Waals surface area contributed by atoms with Gasteiger partial charge in [-0.3, -0.25) is 0 Å². The number of nitrogens with zero attached hydrogens (tertiary/aromatic N) is 5. The highest BCUT2D eigenvalue weighted by Crippen LogP contribution is 2.45. The Kier molecular flexibility index (Phi) is 9.64. The van der Waals surface area contributed by atoms with Crippen molar-refractivity contribution in [3.8, 4) is 28.9 Å². The van der Waals surface area contributed by atoms with Crippen molar-refractivity contribution >= 4 is 5.70 Å². The van der Waals surface area contributed by atoms with Gasteiger partial charge in [0.05, 0.1) is 19.0 Å². The van der Waals surface area contributed by atoms with Gasteiger partial charge >= 0.3 is 6.61 Å². The smallest absolute Gasteiger partial charge is 0.388 e. The van der Waals surface area contributed by atoms with Gasteiger partial charge in [-0.15, -0.1) is 0 Å². The predicted molar refractivity (Wildman–Crippen MR) is 149 cm³/mol. The molecule has 3 aromatic rings. The number of alkyl halides is 4. The summed E-state index contributed by atoms with van der Waals surface area (Å²) in [6, 6.07) is 7.32. The third-order valence-electron chi connectivity index (χ3n) is 6.69. The number of ether oxygens (including phenoxy) is 3. The van der Waals surface area contributed by atoms with Crippen LogP contribution in [-0.2, 0) is 6.61 Å². The Balaban J connectivity index is 1.54. The fourth-order valence-corrected chi connectivity index (χ4v) is 4.13. The molecule has 1 aromatic carbocycles. The Morgan fingerprint density at radius 2 is 1.86 bits per heavy atom. The minimum absolute atomic E-state index is 0.0560. The Labute approximate surface area is 242 Å². The first-order chi connectivity index (χ1) is 20.0. The summed E-state index contributed by atoms with van der Waals surface area (Å²) in [4.78, 5) is 18.6. The van der Waals surface area contributed by atoms with E-state index < -0.39 is 12.5 Å². The number of benzene rings is 1. The van der Waals surface area contributed by atoms with E-state index in [1.165, 1.54) is 32.8 Å². The molecule has 1 fully saturated rings. The molecule has 224 valence electrons. The number of methoxy groups -OCH3 is 1. The topological polar surface area (TPSA) is 82.5 Å². The summed E-state index contributed by atoms with van der Waals surface area (Å²) < 4.78 is 69.8. The summed E-state index contributed by atoms with van der Waals surface area (Å²) in [5, 5.41) is 0. The molecule has 0 atom stereocenters. The van der Waals surface area contributed by atoms with Gasteiger partial charge in [0.25, 0.3) is 11.8 Å². The Morgan fingerprint density at radius 3 is 2.45 bits per heavy atom. The van der Waals surface area contributed by atoms with Crippen LogP contribution in [0.15, 0.2) is 55.1 Å². The molecule has 0 bridgehead atoms. The Hall–Kier alpha value is -4.22. The van der Waals surface area contributed by atoms with E-state index in [1.807, 2.05) is 31.2 Å². The van der Waals surface area contributed by atoms with Crippen molar-refractivity contribution in [1.29, 1.82) is 0 Å². The first kappa shape index (κ1) is 30.7. The molecule has 42 heavy (non-hydrogen) atoms. The molecule has 2 aromatic heterocycles. The SMILES string of the molecule is C=C(c1ccc(COc2nc(-c3c(OC(F)F)ncnc3C3CC3)ncc2OC)cc1)N(/C=C(\C)C(C)(F)F)CCC. The zero-order valence-corrected chi connectivity index (χ0v) is 23.9. The van der Waals surface area contributed by atoms with E-state index >= 15 is 0 Å². The van der Waals surface area contributed by atoms with Gasteiger partial charge in [-0.05, 0) is 37.3 Å². The molecule has 0 aliphatic heterocycles. The fraction of sp³-hybridized carbons (Fsp3) is 0.400. The number of halogens is 4. The molecule has 0 N–H and O–H groups in total. The van der Waals surface area contributed by atoms with Crippen molar-refractivity contribution < 1.29 is 31.8 Å². The van der Waals surface area contributed by atoms with Gasteiger partial charge in [0.2, 0.25) is 5.88 Å². The van der Waals surface area contributed by atoms with Crippen LogP contribution in [0.25, 0.3) is 17.1 Å². The van der Waals surface area contributed by atoms with Crippen LogP contribution in [0.5, 0.6) is 17.5 Å². The van der Waals surface area contributed by atoms with Crippen molar-refractivity contribution in [2.45, 2.75) is 65.1 Å². The highest BCUT2D eigenvalue weighted by molar-refractivity contribution is 5.67. The average molecular weight is 588 g/mol. The summed E-state index contributed by atoms with van der Waals surface area (Å²) in [5.74, 6) is -2.74. The van der Waals surface area contributed by atoms with E-state index in [9.17, 15) is 17.6 Å². The number of hydrogen-bond acceptors (Lipinski definition) is 8. The second-order valence-corrected chi connectivity index (χ2v) is 9.99. The molecule has 1 aliphatic carbocycles. The lowest BCUT2D eigenvalue weighted by Crippen LogP contribution is -2.20. The highest BCUT2D eigenvalue weighted by Gasteiger charge is 2.32. The summed E-state index contributed by atoms with van der Waals surface area (Å²) in [6.07, 6.45) is 6.48. The van der Waals surface area contributed by atoms with Gasteiger partial charge in [0.15, 0.2) is 11.6 Å². The van der Waals surface area contributed by atoms with Gasteiger partial charge in [0, 0.05) is 36.9 Å². The number of allylic oxidation sites excluding steroid dienone is 1. The van der Waals surface area contributed by atoms with Crippen LogP contribution in [0.3, 0.4) is 0 Å². The molecular weight excluding hydrogens is 554 g/mol. The molecule has 0 saturated heterocycles. The van der Waals surface area contributed by atoms with E-state index in [0.29, 0.717) is 17.9 Å². The molecule has 0 unspecified atom stereocenters. The van der Waals surface area contributed by atoms with Crippen molar-refractivity contribution in [1.82, 2.24) is 24.8 Å². The van der Waals surface area contributed by atoms with Gasteiger partial charge in [-0.1, -0.05) is 37.8 Å². The number of hydrogen-bond donors (Lipinski definition) is 0. The molecule has 1 saturated carbocycles. The fourth-order valence-electron chi connectivity index (χ4n) is 4.13. The van der Waals surface area contributed by atoms with Gasteiger partial charge < -0.3 is 19.1 Å². The molecular formula is C30H33F4N5O3. The Morgan fingerprint density at radius 1 is 1.14 bits per heavy atom. The molecule has 12 heteroatoms. The van der Waals surface area contributed by atoms with Gasteiger partial charge in [-0.25, -0.2) is 23.7 Å². The minimum atomic E-state index is -3.08. The average Bonchev–Trinajstić information content (AvgIpc) is 3.80. The molecule has 2 heterocycles. The first-order valence-electron chi connectivity index (χ1n) is 13.5. The first-order valence-corrected chi connectivity index (χ1v) is 13.5. The molecule has 0 amide bonds. The maximum Gasteiger partial charge on any atom is 0.388 e. The van der Waals surface area contributed by atoms with E-state index in [2.05, 4.69) is 31.3 Å². The molecule has 4 rings (SSSR count). The van der Waals surface area contributed by atoms with Crippen LogP contribution in [0.1, 0.15) is 62.8 Å². The normalized spacial score (nSPS) is 13.7.